The molecule has 1 saturated carbocycles. The van der Waals surface area contributed by atoms with Gasteiger partial charge in [-0.25, -0.2) is 0 Å². The number of benzene rings is 1. The van der Waals surface area contributed by atoms with Crippen LogP contribution in [0.3, 0.4) is 0 Å². The van der Waals surface area contributed by atoms with Crippen molar-refractivity contribution >= 4 is 6.41 Å². The molecule has 1 aliphatic carbocycles. The molecule has 0 unspecified atom stereocenters. The quantitative estimate of drug-likeness (QED) is 0.747. The van der Waals surface area contributed by atoms with Gasteiger partial charge in [-0.05, 0) is 36.7 Å². The monoisotopic (exact) mass is 243 g/mol. The molecule has 0 N–H and O–H groups in total. The summed E-state index contributed by atoms with van der Waals surface area (Å²) in [6, 6.07) is 10.8. The van der Waals surface area contributed by atoms with Crippen molar-refractivity contribution in [3.05, 3.63) is 35.9 Å². The van der Waals surface area contributed by atoms with Crippen LogP contribution in [0.4, 0.5) is 0 Å². The molecular formula is C16H21NO. The lowest BCUT2D eigenvalue weighted by Gasteiger charge is -2.46. The first-order valence-electron chi connectivity index (χ1n) is 6.97. The van der Waals surface area contributed by atoms with Gasteiger partial charge in [-0.3, -0.25) is 4.79 Å². The smallest absolute Gasteiger partial charge is 0.209 e. The Hall–Kier alpha value is -1.31. The average Bonchev–Trinajstić information content (AvgIpc) is 2.82. The maximum absolute atomic E-state index is 10.7. The summed E-state index contributed by atoms with van der Waals surface area (Å²) in [6.07, 6.45) is 4.93. The van der Waals surface area contributed by atoms with Crippen molar-refractivity contribution in [2.24, 2.45) is 11.3 Å². The van der Waals surface area contributed by atoms with Gasteiger partial charge in [0.1, 0.15) is 0 Å². The Morgan fingerprint density at radius 3 is 2.72 bits per heavy atom. The van der Waals surface area contributed by atoms with Crippen LogP contribution in [0.5, 0.6) is 0 Å². The summed E-state index contributed by atoms with van der Waals surface area (Å²) in [7, 11) is 0. The largest absolute Gasteiger partial charge is 0.344 e. The van der Waals surface area contributed by atoms with Gasteiger partial charge < -0.3 is 4.90 Å². The molecule has 0 aromatic heterocycles. The van der Waals surface area contributed by atoms with E-state index in [1.165, 1.54) is 24.8 Å². The Morgan fingerprint density at radius 2 is 2.06 bits per heavy atom. The van der Waals surface area contributed by atoms with Gasteiger partial charge in [0.05, 0.1) is 0 Å². The number of carbonyl (C=O) groups excluding carboxylic acids is 1. The van der Waals surface area contributed by atoms with Crippen molar-refractivity contribution in [3.63, 3.8) is 0 Å². The average molecular weight is 243 g/mol. The minimum absolute atomic E-state index is 0.467. The van der Waals surface area contributed by atoms with E-state index in [0.29, 0.717) is 11.3 Å². The van der Waals surface area contributed by atoms with Crippen molar-refractivity contribution in [1.29, 1.82) is 0 Å². The van der Waals surface area contributed by atoms with Crippen LogP contribution in [0.15, 0.2) is 30.3 Å². The van der Waals surface area contributed by atoms with Gasteiger partial charge in [-0.2, -0.15) is 0 Å². The van der Waals surface area contributed by atoms with E-state index < -0.39 is 0 Å². The van der Waals surface area contributed by atoms with Gasteiger partial charge in [0.25, 0.3) is 0 Å². The zero-order chi connectivity index (χ0) is 12.6. The molecular weight excluding hydrogens is 222 g/mol. The van der Waals surface area contributed by atoms with Crippen LogP contribution in [0.25, 0.3) is 0 Å². The Morgan fingerprint density at radius 1 is 1.33 bits per heavy atom. The third kappa shape index (κ3) is 1.94. The number of carbonyl (C=O) groups is 1. The SMILES string of the molecule is C[C@@H](c1ccccc1)[C@@H]1CCC2(C1)CN(C=O)C2. The minimum Gasteiger partial charge on any atom is -0.344 e. The summed E-state index contributed by atoms with van der Waals surface area (Å²) in [6.45, 7) is 4.35. The number of hydrogen-bond acceptors (Lipinski definition) is 1. The molecule has 2 heteroatoms. The first-order chi connectivity index (χ1) is 8.72. The zero-order valence-electron chi connectivity index (χ0n) is 11.0. The van der Waals surface area contributed by atoms with Crippen molar-refractivity contribution in [2.45, 2.75) is 32.1 Å². The Kier molecular flexibility index (Phi) is 2.89. The van der Waals surface area contributed by atoms with E-state index in [9.17, 15) is 4.79 Å². The van der Waals surface area contributed by atoms with E-state index in [1.54, 1.807) is 0 Å². The van der Waals surface area contributed by atoms with E-state index in [4.69, 9.17) is 0 Å². The molecule has 3 rings (SSSR count). The maximum Gasteiger partial charge on any atom is 0.209 e. The second-order valence-electron chi connectivity index (χ2n) is 6.21. The zero-order valence-corrected chi connectivity index (χ0v) is 11.0. The van der Waals surface area contributed by atoms with Gasteiger partial charge in [0, 0.05) is 18.5 Å². The highest BCUT2D eigenvalue weighted by atomic mass is 16.1. The van der Waals surface area contributed by atoms with Gasteiger partial charge >= 0.3 is 0 Å². The van der Waals surface area contributed by atoms with E-state index >= 15 is 0 Å². The molecule has 18 heavy (non-hydrogen) atoms. The molecule has 96 valence electrons. The first kappa shape index (κ1) is 11.8. The van der Waals surface area contributed by atoms with Crippen LogP contribution in [0, 0.1) is 11.3 Å². The fourth-order valence-corrected chi connectivity index (χ4v) is 3.88. The van der Waals surface area contributed by atoms with Gasteiger partial charge in [0.15, 0.2) is 0 Å². The normalized spacial score (nSPS) is 26.9. The second kappa shape index (κ2) is 4.42. The topological polar surface area (TPSA) is 20.3 Å². The summed E-state index contributed by atoms with van der Waals surface area (Å²) in [4.78, 5) is 12.6. The summed E-state index contributed by atoms with van der Waals surface area (Å²) >= 11 is 0. The molecule has 1 amide bonds. The Balaban J connectivity index is 1.64. The molecule has 2 nitrogen and oxygen atoms in total. The van der Waals surface area contributed by atoms with Crippen molar-refractivity contribution in [3.8, 4) is 0 Å². The fourth-order valence-electron chi connectivity index (χ4n) is 3.88. The summed E-state index contributed by atoms with van der Waals surface area (Å²) in [5, 5.41) is 0. The number of amides is 1. The van der Waals surface area contributed by atoms with Crippen molar-refractivity contribution in [1.82, 2.24) is 4.90 Å². The van der Waals surface area contributed by atoms with Crippen molar-refractivity contribution in [2.75, 3.05) is 13.1 Å². The molecule has 1 aliphatic heterocycles. The Bertz CT molecular complexity index is 422. The third-order valence-electron chi connectivity index (χ3n) is 5.00. The third-order valence-corrected chi connectivity index (χ3v) is 5.00. The molecule has 1 saturated heterocycles. The van der Waals surface area contributed by atoms with E-state index in [1.807, 2.05) is 4.90 Å². The van der Waals surface area contributed by atoms with E-state index in [-0.39, 0.29) is 0 Å². The number of hydrogen-bond donors (Lipinski definition) is 0. The van der Waals surface area contributed by atoms with Crippen LogP contribution in [0.2, 0.25) is 0 Å². The van der Waals surface area contributed by atoms with Crippen LogP contribution in [-0.2, 0) is 4.79 Å². The summed E-state index contributed by atoms with van der Waals surface area (Å²) in [5.41, 5.74) is 1.93. The second-order valence-corrected chi connectivity index (χ2v) is 6.21. The molecule has 0 radical (unpaired) electrons. The van der Waals surface area contributed by atoms with E-state index in [0.717, 1.165) is 25.4 Å². The standard InChI is InChI=1S/C16H21NO/c1-13(14-5-3-2-4-6-14)15-7-8-16(9-15)10-17(11-16)12-18/h2-6,12-13,15H,7-11H2,1H3/t13-,15+/m0/s1. The fraction of sp³-hybridized carbons (Fsp3) is 0.562. The lowest BCUT2D eigenvalue weighted by molar-refractivity contribution is -0.129. The van der Waals surface area contributed by atoms with Crippen LogP contribution >= 0.6 is 0 Å². The highest BCUT2D eigenvalue weighted by Crippen LogP contribution is 2.51. The van der Waals surface area contributed by atoms with Gasteiger partial charge in [-0.15, -0.1) is 0 Å². The van der Waals surface area contributed by atoms with Crippen LogP contribution in [-0.4, -0.2) is 24.4 Å². The highest BCUT2D eigenvalue weighted by molar-refractivity contribution is 5.49. The highest BCUT2D eigenvalue weighted by Gasteiger charge is 2.48. The maximum atomic E-state index is 10.7. The summed E-state index contributed by atoms with van der Waals surface area (Å²) in [5.74, 6) is 1.44. The van der Waals surface area contributed by atoms with Crippen molar-refractivity contribution < 1.29 is 4.79 Å². The lowest BCUT2D eigenvalue weighted by atomic mass is 9.76. The predicted octanol–water partition coefficient (Wildman–Crippen LogP) is 3.05. The molecule has 1 aromatic rings. The van der Waals surface area contributed by atoms with Crippen LogP contribution in [0.1, 0.15) is 37.7 Å². The first-order valence-corrected chi connectivity index (χ1v) is 6.97. The summed E-state index contributed by atoms with van der Waals surface area (Å²) < 4.78 is 0. The number of likely N-dealkylation sites (tertiary alicyclic amines) is 1. The lowest BCUT2D eigenvalue weighted by Crippen LogP contribution is -2.54. The van der Waals surface area contributed by atoms with E-state index in [2.05, 4.69) is 37.3 Å². The van der Waals surface area contributed by atoms with Gasteiger partial charge in [-0.1, -0.05) is 37.3 Å². The van der Waals surface area contributed by atoms with Crippen LogP contribution < -0.4 is 0 Å². The molecule has 2 fully saturated rings. The molecule has 1 aromatic carbocycles. The minimum atomic E-state index is 0.467. The molecule has 2 aliphatic rings. The number of rotatable bonds is 3. The number of nitrogens with zero attached hydrogens (tertiary/aromatic N) is 1. The Labute approximate surface area is 109 Å². The molecule has 1 heterocycles. The predicted molar refractivity (Wildman–Crippen MR) is 72.3 cm³/mol. The molecule has 2 atom stereocenters. The molecule has 0 bridgehead atoms. The van der Waals surface area contributed by atoms with Gasteiger partial charge in [0.2, 0.25) is 6.41 Å². The molecule has 1 spiro atoms.